The van der Waals surface area contributed by atoms with Crippen LogP contribution in [0, 0.1) is 0 Å². The molecule has 0 bridgehead atoms. The monoisotopic (exact) mass is 264 g/mol. The molecular weight excluding hydrogens is 240 g/mol. The first-order chi connectivity index (χ1) is 9.09. The molecule has 1 saturated heterocycles. The van der Waals surface area contributed by atoms with Crippen molar-refractivity contribution >= 4 is 0 Å². The van der Waals surface area contributed by atoms with E-state index >= 15 is 0 Å². The van der Waals surface area contributed by atoms with Crippen LogP contribution in [-0.2, 0) is 11.2 Å². The van der Waals surface area contributed by atoms with Crippen LogP contribution in [0.15, 0.2) is 24.3 Å². The van der Waals surface area contributed by atoms with Crippen molar-refractivity contribution in [3.8, 4) is 5.75 Å². The normalized spacial score (nSPS) is 22.2. The van der Waals surface area contributed by atoms with Crippen molar-refractivity contribution in [2.24, 2.45) is 0 Å². The molecule has 106 valence electrons. The van der Waals surface area contributed by atoms with Crippen molar-refractivity contribution in [1.82, 2.24) is 0 Å². The Kier molecular flexibility index (Phi) is 4.83. The molecule has 0 saturated carbocycles. The number of benzene rings is 1. The largest absolute Gasteiger partial charge is 0.497 e. The summed E-state index contributed by atoms with van der Waals surface area (Å²) in [6.07, 6.45) is 5.04. The molecule has 2 rings (SSSR count). The highest BCUT2D eigenvalue weighted by atomic mass is 16.5. The lowest BCUT2D eigenvalue weighted by atomic mass is 9.90. The zero-order valence-electron chi connectivity index (χ0n) is 11.9. The molecule has 0 amide bonds. The molecule has 3 nitrogen and oxygen atoms in total. The first-order valence-corrected chi connectivity index (χ1v) is 7.06. The number of aliphatic hydroxyl groups is 1. The molecule has 1 aliphatic heterocycles. The minimum atomic E-state index is -0.666. The third-order valence-corrected chi connectivity index (χ3v) is 3.77. The molecule has 3 heteroatoms. The van der Waals surface area contributed by atoms with Gasteiger partial charge in [-0.3, -0.25) is 0 Å². The van der Waals surface area contributed by atoms with Gasteiger partial charge in [-0.05, 0) is 50.3 Å². The van der Waals surface area contributed by atoms with Crippen molar-refractivity contribution in [2.75, 3.05) is 13.7 Å². The van der Waals surface area contributed by atoms with Gasteiger partial charge in [-0.25, -0.2) is 0 Å². The smallest absolute Gasteiger partial charge is 0.118 e. The number of rotatable bonds is 6. The van der Waals surface area contributed by atoms with Gasteiger partial charge in [-0.1, -0.05) is 12.1 Å². The van der Waals surface area contributed by atoms with Crippen molar-refractivity contribution in [3.05, 3.63) is 29.8 Å². The Morgan fingerprint density at radius 1 is 1.37 bits per heavy atom. The number of methoxy groups -OCH3 is 1. The highest BCUT2D eigenvalue weighted by Gasteiger charge is 2.24. The zero-order valence-corrected chi connectivity index (χ0v) is 11.9. The summed E-state index contributed by atoms with van der Waals surface area (Å²) >= 11 is 0. The van der Waals surface area contributed by atoms with E-state index < -0.39 is 5.60 Å². The molecule has 0 spiro atoms. The fourth-order valence-electron chi connectivity index (χ4n) is 2.62. The Labute approximate surface area is 115 Å². The molecule has 1 heterocycles. The highest BCUT2D eigenvalue weighted by Crippen LogP contribution is 2.25. The molecule has 2 atom stereocenters. The molecule has 2 unspecified atom stereocenters. The summed E-state index contributed by atoms with van der Waals surface area (Å²) in [7, 11) is 1.66. The highest BCUT2D eigenvalue weighted by molar-refractivity contribution is 5.27. The first-order valence-electron chi connectivity index (χ1n) is 7.06. The van der Waals surface area contributed by atoms with Crippen molar-refractivity contribution < 1.29 is 14.6 Å². The predicted molar refractivity (Wildman–Crippen MR) is 75.5 cm³/mol. The summed E-state index contributed by atoms with van der Waals surface area (Å²) in [4.78, 5) is 0. The Morgan fingerprint density at radius 3 is 2.68 bits per heavy atom. The lowest BCUT2D eigenvalue weighted by Gasteiger charge is -2.25. The van der Waals surface area contributed by atoms with Crippen LogP contribution in [0.1, 0.15) is 38.2 Å². The second-order valence-electron chi connectivity index (χ2n) is 5.70. The van der Waals surface area contributed by atoms with E-state index in [9.17, 15) is 5.11 Å². The summed E-state index contributed by atoms with van der Waals surface area (Å²) in [6.45, 7) is 2.79. The van der Waals surface area contributed by atoms with Crippen LogP contribution in [0.4, 0.5) is 0 Å². The number of hydrogen-bond donors (Lipinski definition) is 1. The summed E-state index contributed by atoms with van der Waals surface area (Å²) in [5.41, 5.74) is 0.471. The molecule has 1 aromatic carbocycles. The van der Waals surface area contributed by atoms with Crippen molar-refractivity contribution in [3.63, 3.8) is 0 Å². The van der Waals surface area contributed by atoms with Crippen LogP contribution in [0.3, 0.4) is 0 Å². The SMILES string of the molecule is COc1ccc(CC(C)(O)CCC2CCCO2)cc1. The minimum absolute atomic E-state index is 0.349. The van der Waals surface area contributed by atoms with E-state index in [0.717, 1.165) is 43.6 Å². The molecule has 0 aromatic heterocycles. The Balaban J connectivity index is 1.84. The van der Waals surface area contributed by atoms with Gasteiger partial charge in [0, 0.05) is 13.0 Å². The predicted octanol–water partition coefficient (Wildman–Crippen LogP) is 2.95. The summed E-state index contributed by atoms with van der Waals surface area (Å²) in [6, 6.07) is 7.90. The van der Waals surface area contributed by atoms with E-state index in [0.29, 0.717) is 12.5 Å². The van der Waals surface area contributed by atoms with E-state index in [-0.39, 0.29) is 0 Å². The van der Waals surface area contributed by atoms with Gasteiger partial charge in [-0.15, -0.1) is 0 Å². The van der Waals surface area contributed by atoms with Gasteiger partial charge in [0.1, 0.15) is 5.75 Å². The second kappa shape index (κ2) is 6.40. The van der Waals surface area contributed by atoms with Crippen LogP contribution in [0.2, 0.25) is 0 Å². The molecular formula is C16H24O3. The molecule has 1 aromatic rings. The Morgan fingerprint density at radius 2 is 2.11 bits per heavy atom. The van der Waals surface area contributed by atoms with Gasteiger partial charge in [0.25, 0.3) is 0 Å². The van der Waals surface area contributed by atoms with Crippen LogP contribution in [-0.4, -0.2) is 30.5 Å². The maximum absolute atomic E-state index is 10.5. The lowest BCUT2D eigenvalue weighted by Crippen LogP contribution is -2.28. The van der Waals surface area contributed by atoms with Gasteiger partial charge in [0.2, 0.25) is 0 Å². The quantitative estimate of drug-likeness (QED) is 0.858. The van der Waals surface area contributed by atoms with E-state index in [1.165, 1.54) is 0 Å². The Bertz CT molecular complexity index is 377. The maximum Gasteiger partial charge on any atom is 0.118 e. The van der Waals surface area contributed by atoms with Gasteiger partial charge >= 0.3 is 0 Å². The minimum Gasteiger partial charge on any atom is -0.497 e. The van der Waals surface area contributed by atoms with E-state index in [4.69, 9.17) is 9.47 Å². The fraction of sp³-hybridized carbons (Fsp3) is 0.625. The van der Waals surface area contributed by atoms with E-state index in [1.807, 2.05) is 31.2 Å². The topological polar surface area (TPSA) is 38.7 Å². The van der Waals surface area contributed by atoms with Crippen LogP contribution in [0.25, 0.3) is 0 Å². The fourth-order valence-corrected chi connectivity index (χ4v) is 2.62. The second-order valence-corrected chi connectivity index (χ2v) is 5.70. The molecule has 0 radical (unpaired) electrons. The van der Waals surface area contributed by atoms with E-state index in [2.05, 4.69) is 0 Å². The van der Waals surface area contributed by atoms with Gasteiger partial charge in [-0.2, -0.15) is 0 Å². The average Bonchev–Trinajstić information content (AvgIpc) is 2.90. The molecule has 1 fully saturated rings. The standard InChI is InChI=1S/C16H24O3/c1-16(17,10-9-15-4-3-11-19-15)12-13-5-7-14(18-2)8-6-13/h5-8,15,17H,3-4,9-12H2,1-2H3. The summed E-state index contributed by atoms with van der Waals surface area (Å²) in [5, 5.41) is 10.5. The van der Waals surface area contributed by atoms with Gasteiger partial charge < -0.3 is 14.6 Å². The third kappa shape index (κ3) is 4.51. The molecule has 1 N–H and O–H groups in total. The summed E-state index contributed by atoms with van der Waals surface area (Å²) in [5.74, 6) is 0.850. The van der Waals surface area contributed by atoms with E-state index in [1.54, 1.807) is 7.11 Å². The van der Waals surface area contributed by atoms with Gasteiger partial charge in [0.05, 0.1) is 18.8 Å². The van der Waals surface area contributed by atoms with Crippen molar-refractivity contribution in [2.45, 2.75) is 50.7 Å². The summed E-state index contributed by atoms with van der Waals surface area (Å²) < 4.78 is 10.7. The molecule has 19 heavy (non-hydrogen) atoms. The molecule has 0 aliphatic carbocycles. The molecule has 1 aliphatic rings. The van der Waals surface area contributed by atoms with Crippen LogP contribution >= 0.6 is 0 Å². The maximum atomic E-state index is 10.5. The average molecular weight is 264 g/mol. The third-order valence-electron chi connectivity index (χ3n) is 3.77. The number of hydrogen-bond acceptors (Lipinski definition) is 3. The Hall–Kier alpha value is -1.06. The van der Waals surface area contributed by atoms with Crippen LogP contribution < -0.4 is 4.74 Å². The number of ether oxygens (including phenoxy) is 2. The van der Waals surface area contributed by atoms with Crippen LogP contribution in [0.5, 0.6) is 5.75 Å². The lowest BCUT2D eigenvalue weighted by molar-refractivity contribution is 0.0254. The van der Waals surface area contributed by atoms with Gasteiger partial charge in [0.15, 0.2) is 0 Å². The zero-order chi connectivity index (χ0) is 13.7. The first kappa shape index (κ1) is 14.4. The van der Waals surface area contributed by atoms with Crippen molar-refractivity contribution in [1.29, 1.82) is 0 Å².